The number of hydrogen-bond acceptors (Lipinski definition) is 2. The molecule has 0 N–H and O–H groups in total. The number of nitrogens with zero attached hydrogens (tertiary/aromatic N) is 2. The first-order valence-corrected chi connectivity index (χ1v) is 5.14. The molecule has 0 unspecified atom stereocenters. The summed E-state index contributed by atoms with van der Waals surface area (Å²) in [6.45, 7) is 1.43. The third-order valence-electron chi connectivity index (χ3n) is 2.35. The number of rotatable bonds is 0. The standard InChI is InChI=1S/C8H10Cl2N2O/c9-8(10)6-11-4-2-1-3-5-12(6)7(8)13/h1-5H2. The van der Waals surface area contributed by atoms with E-state index in [0.717, 1.165) is 25.8 Å². The third-order valence-corrected chi connectivity index (χ3v) is 3.01. The van der Waals surface area contributed by atoms with Crippen LogP contribution in [0.5, 0.6) is 0 Å². The maximum atomic E-state index is 11.4. The van der Waals surface area contributed by atoms with E-state index in [9.17, 15) is 4.79 Å². The molecule has 13 heavy (non-hydrogen) atoms. The molecular weight excluding hydrogens is 211 g/mol. The Balaban J connectivity index is 2.22. The van der Waals surface area contributed by atoms with E-state index in [-0.39, 0.29) is 5.91 Å². The highest BCUT2D eigenvalue weighted by Crippen LogP contribution is 2.37. The van der Waals surface area contributed by atoms with Gasteiger partial charge in [0.1, 0.15) is 0 Å². The number of amides is 1. The fourth-order valence-electron chi connectivity index (χ4n) is 1.61. The van der Waals surface area contributed by atoms with Gasteiger partial charge in [0.2, 0.25) is 0 Å². The molecule has 1 amide bonds. The van der Waals surface area contributed by atoms with Gasteiger partial charge in [-0.05, 0) is 19.3 Å². The van der Waals surface area contributed by atoms with Crippen LogP contribution >= 0.6 is 23.2 Å². The van der Waals surface area contributed by atoms with Crippen LogP contribution < -0.4 is 0 Å². The highest BCUT2D eigenvalue weighted by atomic mass is 35.5. The Hall–Kier alpha value is -0.280. The van der Waals surface area contributed by atoms with Crippen LogP contribution in [0.15, 0.2) is 4.99 Å². The molecule has 72 valence electrons. The molecule has 0 aromatic carbocycles. The monoisotopic (exact) mass is 220 g/mol. The molecule has 0 radical (unpaired) electrons. The van der Waals surface area contributed by atoms with Crippen molar-refractivity contribution in [2.24, 2.45) is 4.99 Å². The van der Waals surface area contributed by atoms with E-state index in [1.165, 1.54) is 0 Å². The summed E-state index contributed by atoms with van der Waals surface area (Å²) in [6.07, 6.45) is 3.17. The molecular formula is C8H10Cl2N2O. The van der Waals surface area contributed by atoms with Gasteiger partial charge < -0.3 is 0 Å². The second kappa shape index (κ2) is 3.14. The molecule has 3 nitrogen and oxygen atoms in total. The highest BCUT2D eigenvalue weighted by molar-refractivity contribution is 6.73. The maximum Gasteiger partial charge on any atom is 0.272 e. The smallest absolute Gasteiger partial charge is 0.272 e. The van der Waals surface area contributed by atoms with Gasteiger partial charge >= 0.3 is 0 Å². The maximum absolute atomic E-state index is 11.4. The minimum atomic E-state index is -1.36. The minimum Gasteiger partial charge on any atom is -0.295 e. The first kappa shape index (κ1) is 9.28. The molecule has 0 aromatic rings. The molecule has 0 aliphatic carbocycles. The number of carbonyl (C=O) groups excluding carboxylic acids is 1. The van der Waals surface area contributed by atoms with E-state index >= 15 is 0 Å². The number of alkyl halides is 2. The average molecular weight is 221 g/mol. The van der Waals surface area contributed by atoms with E-state index in [1.54, 1.807) is 4.90 Å². The molecule has 2 heterocycles. The predicted molar refractivity (Wildman–Crippen MR) is 52.3 cm³/mol. The van der Waals surface area contributed by atoms with Crippen molar-refractivity contribution >= 4 is 34.9 Å². The Labute approximate surface area is 86.7 Å². The van der Waals surface area contributed by atoms with Crippen molar-refractivity contribution in [3.05, 3.63) is 0 Å². The molecule has 5 heteroatoms. The van der Waals surface area contributed by atoms with Gasteiger partial charge in [0, 0.05) is 13.1 Å². The number of carbonyl (C=O) groups is 1. The lowest BCUT2D eigenvalue weighted by Crippen LogP contribution is -2.65. The van der Waals surface area contributed by atoms with Crippen LogP contribution in [0.2, 0.25) is 0 Å². The Morgan fingerprint density at radius 2 is 2.08 bits per heavy atom. The molecule has 2 aliphatic heterocycles. The lowest BCUT2D eigenvalue weighted by molar-refractivity contribution is -0.131. The zero-order chi connectivity index (χ0) is 9.47. The quantitative estimate of drug-likeness (QED) is 0.451. The second-order valence-corrected chi connectivity index (χ2v) is 4.62. The molecule has 1 fully saturated rings. The third kappa shape index (κ3) is 1.34. The van der Waals surface area contributed by atoms with Crippen LogP contribution in [0.4, 0.5) is 0 Å². The molecule has 0 spiro atoms. The highest BCUT2D eigenvalue weighted by Gasteiger charge is 2.56. The predicted octanol–water partition coefficient (Wildman–Crippen LogP) is 1.58. The number of aliphatic imine (C=N–C) groups is 1. The zero-order valence-electron chi connectivity index (χ0n) is 7.09. The first-order valence-electron chi connectivity index (χ1n) is 4.39. The van der Waals surface area contributed by atoms with Gasteiger partial charge in [0.05, 0.1) is 0 Å². The normalized spacial score (nSPS) is 26.8. The van der Waals surface area contributed by atoms with Crippen LogP contribution in [0.1, 0.15) is 19.3 Å². The van der Waals surface area contributed by atoms with Crippen molar-refractivity contribution < 1.29 is 4.79 Å². The van der Waals surface area contributed by atoms with Crippen molar-refractivity contribution in [1.29, 1.82) is 0 Å². The summed E-state index contributed by atoms with van der Waals surface area (Å²) < 4.78 is -1.36. The van der Waals surface area contributed by atoms with Gasteiger partial charge in [0.25, 0.3) is 10.2 Å². The van der Waals surface area contributed by atoms with Gasteiger partial charge in [-0.15, -0.1) is 0 Å². The number of halogens is 2. The van der Waals surface area contributed by atoms with Gasteiger partial charge in [0.15, 0.2) is 5.84 Å². The van der Waals surface area contributed by atoms with Crippen LogP contribution in [-0.4, -0.2) is 34.1 Å². The van der Waals surface area contributed by atoms with Crippen LogP contribution in [0.25, 0.3) is 0 Å². The summed E-state index contributed by atoms with van der Waals surface area (Å²) in [4.78, 5) is 17.2. The van der Waals surface area contributed by atoms with Gasteiger partial charge in [-0.2, -0.15) is 0 Å². The van der Waals surface area contributed by atoms with E-state index in [4.69, 9.17) is 23.2 Å². The number of fused-ring (bicyclic) bond motifs is 1. The Bertz CT molecular complexity index is 275. The van der Waals surface area contributed by atoms with Gasteiger partial charge in [-0.25, -0.2) is 0 Å². The molecule has 2 aliphatic rings. The molecule has 0 aromatic heterocycles. The first-order chi connectivity index (χ1) is 6.14. The number of hydrogen-bond donors (Lipinski definition) is 0. The summed E-state index contributed by atoms with van der Waals surface area (Å²) in [7, 11) is 0. The summed E-state index contributed by atoms with van der Waals surface area (Å²) in [5, 5.41) is 0. The fourth-order valence-corrected chi connectivity index (χ4v) is 2.14. The van der Waals surface area contributed by atoms with Crippen molar-refractivity contribution in [3.8, 4) is 0 Å². The topological polar surface area (TPSA) is 32.7 Å². The van der Waals surface area contributed by atoms with Gasteiger partial charge in [-0.1, -0.05) is 23.2 Å². The van der Waals surface area contributed by atoms with Crippen LogP contribution in [-0.2, 0) is 4.79 Å². The van der Waals surface area contributed by atoms with Crippen LogP contribution in [0.3, 0.4) is 0 Å². The number of amidine groups is 1. The molecule has 0 bridgehead atoms. The molecule has 0 saturated carbocycles. The minimum absolute atomic E-state index is 0.225. The Morgan fingerprint density at radius 3 is 2.85 bits per heavy atom. The van der Waals surface area contributed by atoms with Crippen molar-refractivity contribution in [1.82, 2.24) is 4.90 Å². The zero-order valence-corrected chi connectivity index (χ0v) is 8.61. The summed E-state index contributed by atoms with van der Waals surface area (Å²) in [5.74, 6) is 0.317. The SMILES string of the molecule is O=C1N2CCCCCN=C2C1(Cl)Cl. The van der Waals surface area contributed by atoms with E-state index in [1.807, 2.05) is 0 Å². The number of β-lactam (4-membered cyclic amide) rings is 1. The Kier molecular flexibility index (Phi) is 2.24. The summed E-state index contributed by atoms with van der Waals surface area (Å²) >= 11 is 11.6. The van der Waals surface area contributed by atoms with E-state index < -0.39 is 4.33 Å². The fraction of sp³-hybridized carbons (Fsp3) is 0.750. The van der Waals surface area contributed by atoms with Crippen molar-refractivity contribution in [2.75, 3.05) is 13.1 Å². The average Bonchev–Trinajstić information content (AvgIpc) is 2.03. The lowest BCUT2D eigenvalue weighted by atomic mass is 10.1. The van der Waals surface area contributed by atoms with Crippen LogP contribution in [0, 0.1) is 0 Å². The molecule has 0 atom stereocenters. The largest absolute Gasteiger partial charge is 0.295 e. The van der Waals surface area contributed by atoms with E-state index in [0.29, 0.717) is 12.4 Å². The Morgan fingerprint density at radius 1 is 1.31 bits per heavy atom. The van der Waals surface area contributed by atoms with Crippen molar-refractivity contribution in [3.63, 3.8) is 0 Å². The summed E-state index contributed by atoms with van der Waals surface area (Å²) in [5.41, 5.74) is 0. The molecule has 1 saturated heterocycles. The molecule has 2 rings (SSSR count). The second-order valence-electron chi connectivity index (χ2n) is 3.30. The lowest BCUT2D eigenvalue weighted by Gasteiger charge is -2.42. The van der Waals surface area contributed by atoms with Crippen molar-refractivity contribution in [2.45, 2.75) is 23.6 Å². The van der Waals surface area contributed by atoms with E-state index in [2.05, 4.69) is 4.99 Å². The van der Waals surface area contributed by atoms with Gasteiger partial charge in [-0.3, -0.25) is 14.7 Å². The summed E-state index contributed by atoms with van der Waals surface area (Å²) in [6, 6.07) is 0.